The van der Waals surface area contributed by atoms with Crippen molar-refractivity contribution in [3.8, 4) is 0 Å². The summed E-state index contributed by atoms with van der Waals surface area (Å²) in [4.78, 5) is 2.38. The van der Waals surface area contributed by atoms with Crippen LogP contribution < -0.4 is 10.6 Å². The summed E-state index contributed by atoms with van der Waals surface area (Å²) in [6.45, 7) is 6.36. The van der Waals surface area contributed by atoms with Crippen LogP contribution in [-0.4, -0.2) is 18.1 Å². The molecule has 0 bridgehead atoms. The van der Waals surface area contributed by atoms with Crippen LogP contribution in [0.1, 0.15) is 45.1 Å². The maximum atomic E-state index is 14.2. The molecule has 0 unspecified atom stereocenters. The van der Waals surface area contributed by atoms with Gasteiger partial charge in [-0.15, -0.1) is 0 Å². The van der Waals surface area contributed by atoms with Gasteiger partial charge >= 0.3 is 0 Å². The second-order valence-electron chi connectivity index (χ2n) is 5.72. The number of halogens is 1. The molecule has 0 spiro atoms. The number of nitrogens with two attached hydrogens (primary N) is 1. The molecule has 1 aliphatic rings. The summed E-state index contributed by atoms with van der Waals surface area (Å²) in [6, 6.07) is 5.05. The summed E-state index contributed by atoms with van der Waals surface area (Å²) >= 11 is 4.88. The van der Waals surface area contributed by atoms with Crippen LogP contribution in [0.4, 0.5) is 10.1 Å². The summed E-state index contributed by atoms with van der Waals surface area (Å²) in [6.07, 6.45) is 4.69. The van der Waals surface area contributed by atoms with Crippen LogP contribution >= 0.6 is 12.2 Å². The van der Waals surface area contributed by atoms with Gasteiger partial charge in [0.1, 0.15) is 10.8 Å². The highest BCUT2D eigenvalue weighted by Crippen LogP contribution is 2.39. The zero-order valence-electron chi connectivity index (χ0n) is 12.3. The zero-order chi connectivity index (χ0) is 14.8. The first-order valence-electron chi connectivity index (χ1n) is 7.35. The highest BCUT2D eigenvalue weighted by molar-refractivity contribution is 7.80. The van der Waals surface area contributed by atoms with Gasteiger partial charge in [-0.2, -0.15) is 0 Å². The highest BCUT2D eigenvalue weighted by atomic mass is 32.1. The molecule has 0 aliphatic carbocycles. The predicted molar refractivity (Wildman–Crippen MR) is 86.7 cm³/mol. The number of thiocarbonyl (C=S) groups is 1. The quantitative estimate of drug-likeness (QED) is 0.855. The lowest BCUT2D eigenvalue weighted by Gasteiger charge is -2.42. The third kappa shape index (κ3) is 2.95. The molecule has 110 valence electrons. The highest BCUT2D eigenvalue weighted by Gasteiger charge is 2.31. The second kappa shape index (κ2) is 6.08. The molecular weight excluding hydrogens is 271 g/mol. The lowest BCUT2D eigenvalue weighted by Crippen LogP contribution is -2.40. The molecule has 0 atom stereocenters. The van der Waals surface area contributed by atoms with Crippen molar-refractivity contribution in [2.24, 2.45) is 11.1 Å². The van der Waals surface area contributed by atoms with Gasteiger partial charge in [0.2, 0.25) is 0 Å². The van der Waals surface area contributed by atoms with Gasteiger partial charge in [-0.3, -0.25) is 0 Å². The minimum atomic E-state index is -0.226. The van der Waals surface area contributed by atoms with E-state index in [0.717, 1.165) is 25.9 Å². The van der Waals surface area contributed by atoms with Crippen LogP contribution in [0, 0.1) is 11.2 Å². The molecule has 1 aliphatic heterocycles. The molecule has 4 heteroatoms. The van der Waals surface area contributed by atoms with Gasteiger partial charge in [0.25, 0.3) is 0 Å². The summed E-state index contributed by atoms with van der Waals surface area (Å²) in [5.74, 6) is -0.226. The Kier molecular flexibility index (Phi) is 4.63. The Labute approximate surface area is 126 Å². The Morgan fingerprint density at radius 2 is 1.90 bits per heavy atom. The summed E-state index contributed by atoms with van der Waals surface area (Å²) in [5, 5.41) is 0. The van der Waals surface area contributed by atoms with Crippen molar-refractivity contribution < 1.29 is 4.39 Å². The first-order valence-corrected chi connectivity index (χ1v) is 7.76. The topological polar surface area (TPSA) is 29.3 Å². The molecule has 0 aromatic heterocycles. The first-order chi connectivity index (χ1) is 9.51. The number of hydrogen-bond donors (Lipinski definition) is 1. The Morgan fingerprint density at radius 1 is 1.30 bits per heavy atom. The molecule has 20 heavy (non-hydrogen) atoms. The van der Waals surface area contributed by atoms with E-state index in [-0.39, 0.29) is 10.8 Å². The van der Waals surface area contributed by atoms with Crippen LogP contribution in [0.3, 0.4) is 0 Å². The molecule has 1 fully saturated rings. The minimum absolute atomic E-state index is 0.226. The van der Waals surface area contributed by atoms with Gasteiger partial charge in [0.15, 0.2) is 0 Å². The molecule has 0 radical (unpaired) electrons. The maximum Gasteiger partial charge on any atom is 0.147 e. The Morgan fingerprint density at radius 3 is 2.35 bits per heavy atom. The normalized spacial score (nSPS) is 18.1. The van der Waals surface area contributed by atoms with Crippen molar-refractivity contribution in [2.45, 2.75) is 39.5 Å². The van der Waals surface area contributed by atoms with Gasteiger partial charge in [-0.1, -0.05) is 38.9 Å². The predicted octanol–water partition coefficient (Wildman–Crippen LogP) is 3.87. The van der Waals surface area contributed by atoms with Crippen molar-refractivity contribution in [3.05, 3.63) is 29.6 Å². The molecule has 2 N–H and O–H groups in total. The summed E-state index contributed by atoms with van der Waals surface area (Å²) < 4.78 is 14.2. The maximum absolute atomic E-state index is 14.2. The lowest BCUT2D eigenvalue weighted by molar-refractivity contribution is 0.199. The molecule has 1 aromatic carbocycles. The molecule has 1 aromatic rings. The minimum Gasteiger partial charge on any atom is -0.389 e. The average Bonchev–Trinajstić information content (AvgIpc) is 2.47. The number of anilines is 1. The van der Waals surface area contributed by atoms with Crippen molar-refractivity contribution in [1.82, 2.24) is 0 Å². The van der Waals surface area contributed by atoms with Crippen molar-refractivity contribution in [2.75, 3.05) is 18.0 Å². The Balaban J connectivity index is 2.13. The van der Waals surface area contributed by atoms with E-state index in [0.29, 0.717) is 16.7 Å². The lowest BCUT2D eigenvalue weighted by atomic mass is 9.74. The van der Waals surface area contributed by atoms with Gasteiger partial charge in [0, 0.05) is 18.7 Å². The summed E-state index contributed by atoms with van der Waals surface area (Å²) in [5.41, 5.74) is 7.25. The van der Waals surface area contributed by atoms with Crippen LogP contribution in [-0.2, 0) is 0 Å². The average molecular weight is 294 g/mol. The molecule has 1 saturated heterocycles. The van der Waals surface area contributed by atoms with E-state index >= 15 is 0 Å². The van der Waals surface area contributed by atoms with Crippen LogP contribution in [0.2, 0.25) is 0 Å². The monoisotopic (exact) mass is 294 g/mol. The van der Waals surface area contributed by atoms with E-state index < -0.39 is 0 Å². The SMILES string of the molecule is CCC1(CC)CCN(c2ccc(C(N)=S)cc2F)CC1. The number of rotatable bonds is 4. The third-order valence-electron chi connectivity index (χ3n) is 4.90. The van der Waals surface area contributed by atoms with Crippen LogP contribution in [0.25, 0.3) is 0 Å². The largest absolute Gasteiger partial charge is 0.389 e. The number of nitrogens with zero attached hydrogens (tertiary/aromatic N) is 1. The number of benzene rings is 1. The molecule has 0 saturated carbocycles. The van der Waals surface area contributed by atoms with E-state index in [1.54, 1.807) is 6.07 Å². The van der Waals surface area contributed by atoms with Gasteiger partial charge < -0.3 is 10.6 Å². The Hall–Kier alpha value is -1.16. The fourth-order valence-corrected chi connectivity index (χ4v) is 3.22. The van der Waals surface area contributed by atoms with E-state index in [2.05, 4.69) is 18.7 Å². The van der Waals surface area contributed by atoms with Crippen LogP contribution in [0.15, 0.2) is 18.2 Å². The smallest absolute Gasteiger partial charge is 0.147 e. The Bertz CT molecular complexity index is 487. The fourth-order valence-electron chi connectivity index (χ4n) is 3.10. The zero-order valence-corrected chi connectivity index (χ0v) is 13.1. The van der Waals surface area contributed by atoms with Crippen molar-refractivity contribution >= 4 is 22.9 Å². The van der Waals surface area contributed by atoms with E-state index in [9.17, 15) is 4.39 Å². The van der Waals surface area contributed by atoms with Gasteiger partial charge in [0.05, 0.1) is 5.69 Å². The third-order valence-corrected chi connectivity index (χ3v) is 5.13. The summed E-state index contributed by atoms with van der Waals surface area (Å²) in [7, 11) is 0. The first kappa shape index (κ1) is 15.2. The van der Waals surface area contributed by atoms with E-state index in [4.69, 9.17) is 18.0 Å². The molecule has 2 rings (SSSR count). The number of piperidine rings is 1. The van der Waals surface area contributed by atoms with E-state index in [1.165, 1.54) is 18.9 Å². The van der Waals surface area contributed by atoms with Crippen LogP contribution in [0.5, 0.6) is 0 Å². The molecular formula is C16H23FN2S. The molecule has 0 amide bonds. The molecule has 1 heterocycles. The molecule has 2 nitrogen and oxygen atoms in total. The fraction of sp³-hybridized carbons (Fsp3) is 0.562. The number of hydrogen-bond acceptors (Lipinski definition) is 2. The standard InChI is InChI=1S/C16H23FN2S/c1-3-16(4-2)7-9-19(10-8-16)14-6-5-12(15(18)20)11-13(14)17/h5-6,11H,3-4,7-10H2,1-2H3,(H2,18,20). The second-order valence-corrected chi connectivity index (χ2v) is 6.16. The van der Waals surface area contributed by atoms with Gasteiger partial charge in [-0.25, -0.2) is 4.39 Å². The van der Waals surface area contributed by atoms with E-state index in [1.807, 2.05) is 6.07 Å². The van der Waals surface area contributed by atoms with Crippen molar-refractivity contribution in [3.63, 3.8) is 0 Å². The van der Waals surface area contributed by atoms with Gasteiger partial charge in [-0.05, 0) is 36.5 Å². The van der Waals surface area contributed by atoms with Crippen molar-refractivity contribution in [1.29, 1.82) is 0 Å².